The topological polar surface area (TPSA) is 66.6 Å². The van der Waals surface area contributed by atoms with Gasteiger partial charge in [0, 0.05) is 24.5 Å². The Hall–Kier alpha value is -1.66. The molecule has 2 heterocycles. The van der Waals surface area contributed by atoms with Gasteiger partial charge >= 0.3 is 0 Å². The van der Waals surface area contributed by atoms with Crippen LogP contribution in [0.2, 0.25) is 0 Å². The quantitative estimate of drug-likeness (QED) is 0.913. The maximum Gasteiger partial charge on any atom is 0.228 e. The number of aliphatic hydroxyl groups is 1. The molecule has 0 bridgehead atoms. The highest BCUT2D eigenvalue weighted by Gasteiger charge is 2.33. The fraction of sp³-hybridized carbons (Fsp3) is 0.529. The summed E-state index contributed by atoms with van der Waals surface area (Å²) >= 11 is 1.58. The summed E-state index contributed by atoms with van der Waals surface area (Å²) in [6.07, 6.45) is 3.81. The van der Waals surface area contributed by atoms with Gasteiger partial charge in [-0.1, -0.05) is 12.8 Å². The molecule has 0 saturated heterocycles. The summed E-state index contributed by atoms with van der Waals surface area (Å²) in [5.41, 5.74) is 0.886. The van der Waals surface area contributed by atoms with E-state index < -0.39 is 5.60 Å². The van der Waals surface area contributed by atoms with Crippen LogP contribution in [-0.4, -0.2) is 40.1 Å². The Labute approximate surface area is 140 Å². The molecule has 0 spiro atoms. The second-order valence-electron chi connectivity index (χ2n) is 6.39. The fourth-order valence-corrected chi connectivity index (χ4v) is 3.73. The Morgan fingerprint density at radius 2 is 2.22 bits per heavy atom. The number of rotatable bonds is 5. The number of aryl methyl sites for hydroxylation is 1. The zero-order valence-electron chi connectivity index (χ0n) is 13.5. The predicted octanol–water partition coefficient (Wildman–Crippen LogP) is 3.02. The average Bonchev–Trinajstić information content (AvgIpc) is 3.21. The van der Waals surface area contributed by atoms with E-state index in [0.717, 1.165) is 31.2 Å². The first kappa shape index (κ1) is 16.2. The molecule has 0 aliphatic heterocycles. The summed E-state index contributed by atoms with van der Waals surface area (Å²) in [4.78, 5) is 18.5. The normalized spacial score (nSPS) is 16.7. The first-order chi connectivity index (χ1) is 11.0. The van der Waals surface area contributed by atoms with Gasteiger partial charge in [0.15, 0.2) is 0 Å². The summed E-state index contributed by atoms with van der Waals surface area (Å²) in [6.45, 7) is 2.22. The number of nitrogens with zero attached hydrogens (tertiary/aromatic N) is 2. The molecule has 6 heteroatoms. The molecule has 0 radical (unpaired) electrons. The van der Waals surface area contributed by atoms with Gasteiger partial charge in [-0.3, -0.25) is 4.79 Å². The summed E-state index contributed by atoms with van der Waals surface area (Å²) in [7, 11) is 1.74. The van der Waals surface area contributed by atoms with Gasteiger partial charge in [-0.05, 0) is 31.2 Å². The molecule has 1 aliphatic rings. The molecule has 2 aromatic heterocycles. The zero-order chi connectivity index (χ0) is 16.4. The number of amides is 1. The van der Waals surface area contributed by atoms with Crippen molar-refractivity contribution >= 4 is 17.2 Å². The van der Waals surface area contributed by atoms with E-state index in [1.54, 1.807) is 23.3 Å². The lowest BCUT2D eigenvalue weighted by Gasteiger charge is -2.28. The predicted molar refractivity (Wildman–Crippen MR) is 89.3 cm³/mol. The van der Waals surface area contributed by atoms with Gasteiger partial charge in [-0.25, -0.2) is 4.98 Å². The third-order valence-corrected chi connectivity index (χ3v) is 5.15. The van der Waals surface area contributed by atoms with Gasteiger partial charge < -0.3 is 14.4 Å². The number of thiophene rings is 1. The summed E-state index contributed by atoms with van der Waals surface area (Å²) < 4.78 is 5.67. The Balaban J connectivity index is 1.65. The zero-order valence-corrected chi connectivity index (χ0v) is 14.4. The third kappa shape index (κ3) is 3.64. The van der Waals surface area contributed by atoms with Crippen molar-refractivity contribution in [3.63, 3.8) is 0 Å². The SMILES string of the molecule is Cc1oc(-c2ccsc2)nc1CC(=O)N(C)CC1(O)CCCC1. The van der Waals surface area contributed by atoms with Crippen LogP contribution in [0.15, 0.2) is 21.2 Å². The minimum Gasteiger partial charge on any atom is -0.441 e. The van der Waals surface area contributed by atoms with E-state index in [-0.39, 0.29) is 12.3 Å². The Bertz CT molecular complexity index is 672. The van der Waals surface area contributed by atoms with Crippen molar-refractivity contribution in [1.29, 1.82) is 0 Å². The van der Waals surface area contributed by atoms with Gasteiger partial charge in [0.1, 0.15) is 5.76 Å². The number of likely N-dealkylation sites (N-methyl/N-ethyl adjacent to an activating group) is 1. The number of carbonyl (C=O) groups is 1. The van der Waals surface area contributed by atoms with Crippen LogP contribution in [0.4, 0.5) is 0 Å². The average molecular weight is 334 g/mol. The van der Waals surface area contributed by atoms with Crippen LogP contribution in [0, 0.1) is 6.92 Å². The molecule has 1 amide bonds. The van der Waals surface area contributed by atoms with Crippen LogP contribution >= 0.6 is 11.3 Å². The maximum atomic E-state index is 12.4. The maximum absolute atomic E-state index is 12.4. The lowest BCUT2D eigenvalue weighted by atomic mass is 10.0. The van der Waals surface area contributed by atoms with Gasteiger partial charge in [0.05, 0.1) is 17.7 Å². The minimum absolute atomic E-state index is 0.0430. The minimum atomic E-state index is -0.717. The van der Waals surface area contributed by atoms with Crippen LogP contribution < -0.4 is 0 Å². The van der Waals surface area contributed by atoms with Crippen molar-refractivity contribution in [2.75, 3.05) is 13.6 Å². The van der Waals surface area contributed by atoms with Gasteiger partial charge in [0.25, 0.3) is 0 Å². The van der Waals surface area contributed by atoms with Gasteiger partial charge in [-0.15, -0.1) is 0 Å². The first-order valence-electron chi connectivity index (χ1n) is 7.92. The van der Waals surface area contributed by atoms with Gasteiger partial charge in [0.2, 0.25) is 11.8 Å². The van der Waals surface area contributed by atoms with Crippen molar-refractivity contribution in [3.05, 3.63) is 28.3 Å². The fourth-order valence-electron chi connectivity index (χ4n) is 3.10. The monoisotopic (exact) mass is 334 g/mol. The number of hydrogen-bond donors (Lipinski definition) is 1. The van der Waals surface area contributed by atoms with E-state index in [1.165, 1.54) is 0 Å². The van der Waals surface area contributed by atoms with Crippen LogP contribution in [0.25, 0.3) is 11.5 Å². The van der Waals surface area contributed by atoms with Crippen molar-refractivity contribution in [1.82, 2.24) is 9.88 Å². The molecular formula is C17H22N2O3S. The van der Waals surface area contributed by atoms with Crippen LogP contribution in [0.3, 0.4) is 0 Å². The smallest absolute Gasteiger partial charge is 0.228 e. The van der Waals surface area contributed by atoms with Crippen LogP contribution in [0.5, 0.6) is 0 Å². The Morgan fingerprint density at radius 3 is 2.87 bits per heavy atom. The molecule has 1 N–H and O–H groups in total. The lowest BCUT2D eigenvalue weighted by Crippen LogP contribution is -2.42. The molecular weight excluding hydrogens is 312 g/mol. The molecule has 23 heavy (non-hydrogen) atoms. The van der Waals surface area contributed by atoms with Crippen molar-refractivity contribution in [2.24, 2.45) is 0 Å². The summed E-state index contributed by atoms with van der Waals surface area (Å²) in [5, 5.41) is 14.4. The molecule has 3 rings (SSSR count). The van der Waals surface area contributed by atoms with E-state index in [9.17, 15) is 9.90 Å². The van der Waals surface area contributed by atoms with E-state index in [0.29, 0.717) is 23.9 Å². The molecule has 124 valence electrons. The highest BCUT2D eigenvalue weighted by molar-refractivity contribution is 7.08. The number of oxazole rings is 1. The Morgan fingerprint density at radius 1 is 1.48 bits per heavy atom. The molecule has 1 saturated carbocycles. The summed E-state index contributed by atoms with van der Waals surface area (Å²) in [6, 6.07) is 1.95. The van der Waals surface area contributed by atoms with E-state index in [4.69, 9.17) is 4.42 Å². The van der Waals surface area contributed by atoms with E-state index in [1.807, 2.05) is 23.8 Å². The second kappa shape index (κ2) is 6.45. The highest BCUT2D eigenvalue weighted by Crippen LogP contribution is 2.30. The van der Waals surface area contributed by atoms with Crippen LogP contribution in [0.1, 0.15) is 37.1 Å². The lowest BCUT2D eigenvalue weighted by molar-refractivity contribution is -0.132. The van der Waals surface area contributed by atoms with Crippen molar-refractivity contribution in [2.45, 2.75) is 44.6 Å². The molecule has 0 atom stereocenters. The summed E-state index contributed by atoms with van der Waals surface area (Å²) in [5.74, 6) is 1.19. The number of aromatic nitrogens is 1. The van der Waals surface area contributed by atoms with Gasteiger partial charge in [-0.2, -0.15) is 11.3 Å². The largest absolute Gasteiger partial charge is 0.441 e. The molecule has 1 fully saturated rings. The Kier molecular flexibility index (Phi) is 4.55. The second-order valence-corrected chi connectivity index (χ2v) is 7.17. The van der Waals surface area contributed by atoms with E-state index in [2.05, 4.69) is 4.98 Å². The molecule has 0 aromatic carbocycles. The van der Waals surface area contributed by atoms with Crippen LogP contribution in [-0.2, 0) is 11.2 Å². The molecule has 0 unspecified atom stereocenters. The standard InChI is InChI=1S/C17H22N2O3S/c1-12-14(18-16(22-12)13-5-8-23-10-13)9-15(20)19(2)11-17(21)6-3-4-7-17/h5,8,10,21H,3-4,6-7,9,11H2,1-2H3. The first-order valence-corrected chi connectivity index (χ1v) is 8.86. The molecule has 1 aliphatic carbocycles. The number of hydrogen-bond acceptors (Lipinski definition) is 5. The number of carbonyl (C=O) groups excluding carboxylic acids is 1. The van der Waals surface area contributed by atoms with Crippen molar-refractivity contribution in [3.8, 4) is 11.5 Å². The van der Waals surface area contributed by atoms with E-state index >= 15 is 0 Å². The molecule has 2 aromatic rings. The highest BCUT2D eigenvalue weighted by atomic mass is 32.1. The van der Waals surface area contributed by atoms with Crippen molar-refractivity contribution < 1.29 is 14.3 Å². The molecule has 5 nitrogen and oxygen atoms in total. The third-order valence-electron chi connectivity index (χ3n) is 4.47.